The number of aryl methyl sites for hydroxylation is 1. The Hall–Kier alpha value is -1.73. The van der Waals surface area contributed by atoms with Crippen LogP contribution in [-0.2, 0) is 0 Å². The first kappa shape index (κ1) is 15.7. The molecule has 0 saturated heterocycles. The highest BCUT2D eigenvalue weighted by atomic mass is 32.1. The largest absolute Gasteiger partial charge is 0.373 e. The summed E-state index contributed by atoms with van der Waals surface area (Å²) < 4.78 is 0.830. The minimum atomic E-state index is -0.358. The summed E-state index contributed by atoms with van der Waals surface area (Å²) >= 11 is 1.46. The first-order valence-electron chi connectivity index (χ1n) is 6.98. The van der Waals surface area contributed by atoms with E-state index in [1.54, 1.807) is 12.1 Å². The molecule has 0 spiro atoms. The SMILES string of the molecule is CCC(CC)(CN)Nc1cc2nc(C)sc2cc1[N+](=O)[O-]. The molecule has 0 bridgehead atoms. The van der Waals surface area contributed by atoms with Crippen molar-refractivity contribution in [3.8, 4) is 0 Å². The summed E-state index contributed by atoms with van der Waals surface area (Å²) in [7, 11) is 0. The molecule has 3 N–H and O–H groups in total. The molecule has 2 rings (SSSR count). The third-order valence-electron chi connectivity index (χ3n) is 3.95. The molecule has 21 heavy (non-hydrogen) atoms. The monoisotopic (exact) mass is 308 g/mol. The Labute approximate surface area is 127 Å². The minimum Gasteiger partial charge on any atom is -0.373 e. The van der Waals surface area contributed by atoms with E-state index in [0.29, 0.717) is 12.2 Å². The number of nitro groups is 1. The van der Waals surface area contributed by atoms with Gasteiger partial charge in [-0.15, -0.1) is 11.3 Å². The number of nitro benzene ring substituents is 1. The topological polar surface area (TPSA) is 94.1 Å². The van der Waals surface area contributed by atoms with E-state index in [-0.39, 0.29) is 16.1 Å². The summed E-state index contributed by atoms with van der Waals surface area (Å²) in [4.78, 5) is 15.4. The lowest BCUT2D eigenvalue weighted by atomic mass is 9.92. The highest BCUT2D eigenvalue weighted by Crippen LogP contribution is 2.35. The molecule has 0 atom stereocenters. The van der Waals surface area contributed by atoms with Crippen molar-refractivity contribution < 1.29 is 4.92 Å². The van der Waals surface area contributed by atoms with Crippen LogP contribution in [0.15, 0.2) is 12.1 Å². The molecule has 1 aromatic heterocycles. The van der Waals surface area contributed by atoms with Gasteiger partial charge in [0.15, 0.2) is 0 Å². The summed E-state index contributed by atoms with van der Waals surface area (Å²) in [6, 6.07) is 3.35. The zero-order chi connectivity index (χ0) is 15.6. The number of hydrogen-bond acceptors (Lipinski definition) is 6. The maximum absolute atomic E-state index is 11.3. The molecular weight excluding hydrogens is 288 g/mol. The number of nitrogens with two attached hydrogens (primary N) is 1. The number of benzene rings is 1. The summed E-state index contributed by atoms with van der Waals surface area (Å²) in [5.74, 6) is 0. The van der Waals surface area contributed by atoms with Gasteiger partial charge in [0.25, 0.3) is 5.69 Å². The fourth-order valence-corrected chi connectivity index (χ4v) is 3.22. The van der Waals surface area contributed by atoms with Crippen molar-refractivity contribution in [3.63, 3.8) is 0 Å². The van der Waals surface area contributed by atoms with Gasteiger partial charge in [0.1, 0.15) is 5.69 Å². The van der Waals surface area contributed by atoms with Gasteiger partial charge < -0.3 is 11.1 Å². The number of nitrogens with one attached hydrogen (secondary N) is 1. The quantitative estimate of drug-likeness (QED) is 0.629. The molecule has 0 unspecified atom stereocenters. The van der Waals surface area contributed by atoms with Crippen molar-refractivity contribution in [3.05, 3.63) is 27.3 Å². The molecule has 0 aliphatic carbocycles. The number of nitrogens with zero attached hydrogens (tertiary/aromatic N) is 2. The second kappa shape index (κ2) is 5.95. The fourth-order valence-electron chi connectivity index (χ4n) is 2.38. The van der Waals surface area contributed by atoms with Crippen molar-refractivity contribution in [1.29, 1.82) is 0 Å². The molecule has 0 aliphatic rings. The minimum absolute atomic E-state index is 0.0749. The van der Waals surface area contributed by atoms with Crippen LogP contribution in [0.2, 0.25) is 0 Å². The number of fused-ring (bicyclic) bond motifs is 1. The van der Waals surface area contributed by atoms with E-state index < -0.39 is 0 Å². The van der Waals surface area contributed by atoms with E-state index in [1.807, 2.05) is 20.8 Å². The maximum Gasteiger partial charge on any atom is 0.293 e. The predicted octanol–water partition coefficient (Wildman–Crippen LogP) is 3.44. The van der Waals surface area contributed by atoms with Crippen molar-refractivity contribution in [2.24, 2.45) is 5.73 Å². The van der Waals surface area contributed by atoms with E-state index in [9.17, 15) is 10.1 Å². The lowest BCUT2D eigenvalue weighted by Gasteiger charge is -2.32. The summed E-state index contributed by atoms with van der Waals surface area (Å²) in [6.07, 6.45) is 1.59. The Morgan fingerprint density at radius 3 is 2.62 bits per heavy atom. The standard InChI is InChI=1S/C14H20N4O2S/c1-4-14(5-2,8-15)17-10-6-11-13(21-9(3)16-11)7-12(10)18(19)20/h6-7,17H,4-5,8,15H2,1-3H3. The van der Waals surface area contributed by atoms with Gasteiger partial charge in [0.05, 0.1) is 20.1 Å². The Morgan fingerprint density at radius 1 is 1.43 bits per heavy atom. The molecule has 1 aromatic carbocycles. The Morgan fingerprint density at radius 2 is 2.10 bits per heavy atom. The number of hydrogen-bond donors (Lipinski definition) is 2. The number of rotatable bonds is 6. The average Bonchev–Trinajstić information content (AvgIpc) is 2.83. The van der Waals surface area contributed by atoms with Crippen LogP contribution in [0.3, 0.4) is 0 Å². The lowest BCUT2D eigenvalue weighted by molar-refractivity contribution is -0.383. The van der Waals surface area contributed by atoms with Gasteiger partial charge in [-0.1, -0.05) is 13.8 Å². The lowest BCUT2D eigenvalue weighted by Crippen LogP contribution is -2.44. The Kier molecular flexibility index (Phi) is 4.43. The molecular formula is C14H20N4O2S. The van der Waals surface area contributed by atoms with Crippen molar-refractivity contribution >= 4 is 32.9 Å². The third kappa shape index (κ3) is 2.98. The van der Waals surface area contributed by atoms with Crippen LogP contribution in [0, 0.1) is 17.0 Å². The van der Waals surface area contributed by atoms with Gasteiger partial charge in [-0.25, -0.2) is 4.98 Å². The maximum atomic E-state index is 11.3. The van der Waals surface area contributed by atoms with Gasteiger partial charge in [-0.3, -0.25) is 10.1 Å². The molecule has 2 aromatic rings. The van der Waals surface area contributed by atoms with Gasteiger partial charge in [0, 0.05) is 18.2 Å². The first-order valence-corrected chi connectivity index (χ1v) is 7.80. The number of anilines is 1. The normalized spacial score (nSPS) is 11.8. The molecule has 6 nitrogen and oxygen atoms in total. The Bertz CT molecular complexity index is 656. The highest BCUT2D eigenvalue weighted by Gasteiger charge is 2.28. The summed E-state index contributed by atoms with van der Waals surface area (Å²) in [5.41, 5.74) is 6.89. The highest BCUT2D eigenvalue weighted by molar-refractivity contribution is 7.18. The molecule has 0 amide bonds. The van der Waals surface area contributed by atoms with Crippen LogP contribution in [0.25, 0.3) is 10.2 Å². The zero-order valence-electron chi connectivity index (χ0n) is 12.5. The Balaban J connectivity index is 2.55. The molecule has 1 heterocycles. The first-order chi connectivity index (χ1) is 9.94. The van der Waals surface area contributed by atoms with E-state index in [0.717, 1.165) is 28.1 Å². The fraction of sp³-hybridized carbons (Fsp3) is 0.500. The molecule has 0 radical (unpaired) electrons. The van der Waals surface area contributed by atoms with E-state index in [1.165, 1.54) is 11.3 Å². The molecule has 114 valence electrons. The third-order valence-corrected chi connectivity index (χ3v) is 4.89. The van der Waals surface area contributed by atoms with E-state index in [2.05, 4.69) is 10.3 Å². The predicted molar refractivity (Wildman–Crippen MR) is 87.0 cm³/mol. The van der Waals surface area contributed by atoms with Crippen molar-refractivity contribution in [1.82, 2.24) is 4.98 Å². The zero-order valence-corrected chi connectivity index (χ0v) is 13.3. The van der Waals surface area contributed by atoms with Crippen molar-refractivity contribution in [2.75, 3.05) is 11.9 Å². The van der Waals surface area contributed by atoms with Gasteiger partial charge >= 0.3 is 0 Å². The second-order valence-corrected chi connectivity index (χ2v) is 6.38. The van der Waals surface area contributed by atoms with Gasteiger partial charge in [0.2, 0.25) is 0 Å². The van der Waals surface area contributed by atoms with E-state index in [4.69, 9.17) is 5.73 Å². The molecule has 0 fully saturated rings. The molecule has 0 aliphatic heterocycles. The van der Waals surface area contributed by atoms with Gasteiger partial charge in [-0.2, -0.15) is 0 Å². The number of aromatic nitrogens is 1. The summed E-state index contributed by atoms with van der Waals surface area (Å²) in [5, 5.41) is 15.5. The van der Waals surface area contributed by atoms with Crippen LogP contribution in [0.1, 0.15) is 31.7 Å². The van der Waals surface area contributed by atoms with Gasteiger partial charge in [-0.05, 0) is 25.8 Å². The number of thiazole rings is 1. The van der Waals surface area contributed by atoms with E-state index >= 15 is 0 Å². The van der Waals surface area contributed by atoms with Crippen LogP contribution in [0.5, 0.6) is 0 Å². The second-order valence-electron chi connectivity index (χ2n) is 5.14. The average molecular weight is 308 g/mol. The van der Waals surface area contributed by atoms with Crippen LogP contribution >= 0.6 is 11.3 Å². The van der Waals surface area contributed by atoms with Crippen LogP contribution < -0.4 is 11.1 Å². The molecule has 7 heteroatoms. The summed E-state index contributed by atoms with van der Waals surface area (Å²) in [6.45, 7) is 6.37. The van der Waals surface area contributed by atoms with Crippen LogP contribution in [-0.4, -0.2) is 22.0 Å². The van der Waals surface area contributed by atoms with Crippen LogP contribution in [0.4, 0.5) is 11.4 Å². The smallest absolute Gasteiger partial charge is 0.293 e. The molecule has 0 saturated carbocycles. The van der Waals surface area contributed by atoms with Crippen molar-refractivity contribution in [2.45, 2.75) is 39.2 Å².